The summed E-state index contributed by atoms with van der Waals surface area (Å²) >= 11 is 0. The van der Waals surface area contributed by atoms with Crippen LogP contribution in [0.5, 0.6) is 5.75 Å². The van der Waals surface area contributed by atoms with Gasteiger partial charge in [-0.2, -0.15) is 5.26 Å². The van der Waals surface area contributed by atoms with E-state index in [2.05, 4.69) is 42.1 Å². The molecule has 2 saturated carbocycles. The lowest BCUT2D eigenvalue weighted by atomic mass is 9.68. The van der Waals surface area contributed by atoms with Crippen LogP contribution in [0.1, 0.15) is 51.5 Å². The van der Waals surface area contributed by atoms with Crippen LogP contribution in [0.2, 0.25) is 0 Å². The zero-order valence-electron chi connectivity index (χ0n) is 18.9. The minimum atomic E-state index is 0.134. The van der Waals surface area contributed by atoms with Gasteiger partial charge in [0.2, 0.25) is 0 Å². The van der Waals surface area contributed by atoms with Crippen LogP contribution < -0.4 is 4.90 Å². The quantitative estimate of drug-likeness (QED) is 0.611. The average Bonchev–Trinajstić information content (AvgIpc) is 3.34. The zero-order chi connectivity index (χ0) is 22.5. The van der Waals surface area contributed by atoms with Gasteiger partial charge in [-0.3, -0.25) is 0 Å². The van der Waals surface area contributed by atoms with Crippen molar-refractivity contribution in [2.45, 2.75) is 52.0 Å². The maximum absolute atomic E-state index is 10.6. The Morgan fingerprint density at radius 1 is 1.09 bits per heavy atom. The Hall–Kier alpha value is -3.33. The molecule has 3 aromatic rings. The number of nitrogens with zero attached hydrogens (tertiary/aromatic N) is 5. The van der Waals surface area contributed by atoms with E-state index in [1.54, 1.807) is 24.5 Å². The molecule has 2 fully saturated rings. The standard InChI is InChI=1S/C26H29N5O/c1-25-9-10-26(2,17-25)14-20(13-25)30(3)24-7-6-22(28-29-24)21-5-4-19(12-23(21)32)31-11-8-18(15-27)16-31/h4-8,11-12,16,20,32H,9-10,13-14,17H2,1-3H3/t20?,25-,26+. The smallest absolute Gasteiger partial charge is 0.151 e. The maximum Gasteiger partial charge on any atom is 0.151 e. The van der Waals surface area contributed by atoms with Crippen LogP contribution >= 0.6 is 0 Å². The van der Waals surface area contributed by atoms with Gasteiger partial charge in [0.25, 0.3) is 0 Å². The fraction of sp³-hybridized carbons (Fsp3) is 0.423. The van der Waals surface area contributed by atoms with Gasteiger partial charge >= 0.3 is 0 Å². The van der Waals surface area contributed by atoms with Gasteiger partial charge < -0.3 is 14.6 Å². The summed E-state index contributed by atoms with van der Waals surface area (Å²) in [6.07, 6.45) is 9.94. The van der Waals surface area contributed by atoms with Crippen molar-refractivity contribution in [3.05, 3.63) is 54.4 Å². The maximum atomic E-state index is 10.6. The van der Waals surface area contributed by atoms with Gasteiger partial charge in [0.05, 0.1) is 11.3 Å². The number of nitriles is 1. The minimum Gasteiger partial charge on any atom is -0.507 e. The van der Waals surface area contributed by atoms with E-state index >= 15 is 0 Å². The van der Waals surface area contributed by atoms with Crippen molar-refractivity contribution in [3.8, 4) is 28.8 Å². The molecule has 6 heteroatoms. The van der Waals surface area contributed by atoms with Crippen LogP contribution in [-0.4, -0.2) is 33.0 Å². The van der Waals surface area contributed by atoms with Gasteiger partial charge in [0.15, 0.2) is 5.82 Å². The van der Waals surface area contributed by atoms with Gasteiger partial charge in [0.1, 0.15) is 11.8 Å². The molecule has 2 aliphatic carbocycles. The third-order valence-corrected chi connectivity index (χ3v) is 7.58. The predicted molar refractivity (Wildman–Crippen MR) is 125 cm³/mol. The second-order valence-corrected chi connectivity index (χ2v) is 10.4. The first-order valence-electron chi connectivity index (χ1n) is 11.3. The number of hydrogen-bond donors (Lipinski definition) is 1. The summed E-state index contributed by atoms with van der Waals surface area (Å²) in [6.45, 7) is 4.88. The van der Waals surface area contributed by atoms with E-state index < -0.39 is 0 Å². The predicted octanol–water partition coefficient (Wildman–Crippen LogP) is 5.31. The SMILES string of the molecule is CN(c1ccc(-c2ccc(-n3ccc(C#N)c3)cc2O)nn1)C1C[C@]2(C)CC[C@](C)(C1)C2. The molecule has 1 N–H and O–H groups in total. The highest BCUT2D eigenvalue weighted by Crippen LogP contribution is 2.58. The topological polar surface area (TPSA) is 78.0 Å². The zero-order valence-corrected chi connectivity index (χ0v) is 18.9. The molecule has 1 unspecified atom stereocenters. The number of phenols is 1. The van der Waals surface area contributed by atoms with Crippen LogP contribution in [0.3, 0.4) is 0 Å². The largest absolute Gasteiger partial charge is 0.507 e. The lowest BCUT2D eigenvalue weighted by Gasteiger charge is -2.44. The highest BCUT2D eigenvalue weighted by molar-refractivity contribution is 5.69. The minimum absolute atomic E-state index is 0.134. The fourth-order valence-corrected chi connectivity index (χ4v) is 6.01. The Bertz CT molecular complexity index is 1180. The Morgan fingerprint density at radius 2 is 1.84 bits per heavy atom. The summed E-state index contributed by atoms with van der Waals surface area (Å²) in [7, 11) is 2.13. The van der Waals surface area contributed by atoms with Crippen molar-refractivity contribution in [2.24, 2.45) is 10.8 Å². The molecule has 2 aromatic heterocycles. The molecular weight excluding hydrogens is 398 g/mol. The van der Waals surface area contributed by atoms with Crippen molar-refractivity contribution in [2.75, 3.05) is 11.9 Å². The van der Waals surface area contributed by atoms with Crippen molar-refractivity contribution in [1.82, 2.24) is 14.8 Å². The second kappa shape index (κ2) is 7.37. The Labute approximate surface area is 189 Å². The average molecular weight is 428 g/mol. The van der Waals surface area contributed by atoms with Crippen molar-refractivity contribution >= 4 is 5.82 Å². The van der Waals surface area contributed by atoms with Crippen molar-refractivity contribution in [3.63, 3.8) is 0 Å². The Morgan fingerprint density at radius 3 is 2.44 bits per heavy atom. The molecule has 6 nitrogen and oxygen atoms in total. The molecular formula is C26H29N5O. The van der Waals surface area contributed by atoms with E-state index in [0.717, 1.165) is 11.5 Å². The lowest BCUT2D eigenvalue weighted by Crippen LogP contribution is -2.42. The molecule has 164 valence electrons. The molecule has 3 atom stereocenters. The summed E-state index contributed by atoms with van der Waals surface area (Å²) < 4.78 is 1.81. The molecule has 2 bridgehead atoms. The highest BCUT2D eigenvalue weighted by atomic mass is 16.3. The Balaban J connectivity index is 1.35. The summed E-state index contributed by atoms with van der Waals surface area (Å²) in [5.74, 6) is 1.01. The molecule has 2 heterocycles. The molecule has 1 aromatic carbocycles. The van der Waals surface area contributed by atoms with Gasteiger partial charge in [-0.25, -0.2) is 0 Å². The number of phenolic OH excluding ortho intramolecular Hbond substituents is 1. The molecule has 0 radical (unpaired) electrons. The first-order chi connectivity index (χ1) is 15.3. The molecule has 5 rings (SSSR count). The highest BCUT2D eigenvalue weighted by Gasteiger charge is 2.49. The van der Waals surface area contributed by atoms with Crippen LogP contribution in [0, 0.1) is 22.2 Å². The summed E-state index contributed by atoms with van der Waals surface area (Å²) in [4.78, 5) is 2.29. The monoisotopic (exact) mass is 427 g/mol. The molecule has 2 aliphatic rings. The van der Waals surface area contributed by atoms with E-state index in [1.807, 2.05) is 28.8 Å². The third-order valence-electron chi connectivity index (χ3n) is 7.58. The summed E-state index contributed by atoms with van der Waals surface area (Å²) in [5, 5.41) is 28.6. The molecule has 0 saturated heterocycles. The number of fused-ring (bicyclic) bond motifs is 2. The van der Waals surface area contributed by atoms with Crippen LogP contribution in [0.25, 0.3) is 16.9 Å². The van der Waals surface area contributed by atoms with Crippen LogP contribution in [0.15, 0.2) is 48.8 Å². The number of hydrogen-bond acceptors (Lipinski definition) is 5. The van der Waals surface area contributed by atoms with E-state index in [0.29, 0.717) is 33.7 Å². The van der Waals surface area contributed by atoms with Gasteiger partial charge in [0, 0.05) is 42.8 Å². The first kappa shape index (κ1) is 20.6. The van der Waals surface area contributed by atoms with E-state index in [1.165, 1.54) is 32.1 Å². The van der Waals surface area contributed by atoms with Crippen molar-refractivity contribution in [1.29, 1.82) is 5.26 Å². The summed E-state index contributed by atoms with van der Waals surface area (Å²) in [6, 6.07) is 13.7. The normalized spacial score (nSPS) is 26.6. The summed E-state index contributed by atoms with van der Waals surface area (Å²) in [5.41, 5.74) is 3.53. The van der Waals surface area contributed by atoms with E-state index in [4.69, 9.17) is 5.26 Å². The number of aromatic nitrogens is 3. The van der Waals surface area contributed by atoms with Gasteiger partial charge in [-0.05, 0) is 73.3 Å². The van der Waals surface area contributed by atoms with E-state index in [9.17, 15) is 5.11 Å². The number of benzene rings is 1. The number of aromatic hydroxyl groups is 1. The number of anilines is 1. The molecule has 0 spiro atoms. The van der Waals surface area contributed by atoms with E-state index in [-0.39, 0.29) is 5.75 Å². The van der Waals surface area contributed by atoms with Crippen molar-refractivity contribution < 1.29 is 5.11 Å². The number of rotatable bonds is 4. The Kier molecular flexibility index (Phi) is 4.74. The lowest BCUT2D eigenvalue weighted by molar-refractivity contribution is 0.148. The van der Waals surface area contributed by atoms with Gasteiger partial charge in [-0.1, -0.05) is 13.8 Å². The van der Waals surface area contributed by atoms with Crippen LogP contribution in [0.4, 0.5) is 5.82 Å². The molecule has 0 amide bonds. The fourth-order valence-electron chi connectivity index (χ4n) is 6.01. The first-order valence-corrected chi connectivity index (χ1v) is 11.3. The van der Waals surface area contributed by atoms with Crippen LogP contribution in [-0.2, 0) is 0 Å². The third kappa shape index (κ3) is 3.62. The molecule has 32 heavy (non-hydrogen) atoms. The molecule has 0 aliphatic heterocycles. The second-order valence-electron chi connectivity index (χ2n) is 10.4. The van der Waals surface area contributed by atoms with Gasteiger partial charge in [-0.15, -0.1) is 10.2 Å².